The normalized spacial score (nSPS) is 20.3. The van der Waals surface area contributed by atoms with Gasteiger partial charge in [0.1, 0.15) is 5.71 Å². The molecule has 150 valence electrons. The lowest BCUT2D eigenvalue weighted by molar-refractivity contribution is -0.110. The first-order chi connectivity index (χ1) is 13.9. The van der Waals surface area contributed by atoms with E-state index in [1.54, 1.807) is 23.2 Å². The number of benzene rings is 1. The molecule has 29 heavy (non-hydrogen) atoms. The molecule has 8 nitrogen and oxygen atoms in total. The minimum absolute atomic E-state index is 0.181. The standard InChI is InChI=1S/C21H23N5O3/c1-14-5-3-6-16(11-14)23-20(28)26-10-8-21(13-26)12-18(25-29-21)19(27)24-17-7-4-9-22-15(17)2/h3-7,9,11H,8,10,12-13H2,1-2H3,(H,23,28)(H,24,27). The van der Waals surface area contributed by atoms with Crippen LogP contribution in [-0.4, -0.2) is 46.2 Å². The summed E-state index contributed by atoms with van der Waals surface area (Å²) in [5.41, 5.74) is 2.90. The predicted molar refractivity (Wildman–Crippen MR) is 110 cm³/mol. The van der Waals surface area contributed by atoms with Crippen LogP contribution in [0.2, 0.25) is 0 Å². The van der Waals surface area contributed by atoms with Gasteiger partial charge < -0.3 is 20.4 Å². The molecule has 1 spiro atoms. The molecule has 2 N–H and O–H groups in total. The predicted octanol–water partition coefficient (Wildman–Crippen LogP) is 3.09. The van der Waals surface area contributed by atoms with E-state index in [9.17, 15) is 9.59 Å². The van der Waals surface area contributed by atoms with E-state index in [1.165, 1.54) is 0 Å². The minimum Gasteiger partial charge on any atom is -0.386 e. The van der Waals surface area contributed by atoms with Crippen molar-refractivity contribution in [1.82, 2.24) is 9.88 Å². The molecule has 0 saturated carbocycles. The van der Waals surface area contributed by atoms with Crippen LogP contribution in [-0.2, 0) is 9.63 Å². The lowest BCUT2D eigenvalue weighted by atomic mass is 9.96. The van der Waals surface area contributed by atoms with E-state index in [1.807, 2.05) is 38.1 Å². The fourth-order valence-corrected chi connectivity index (χ4v) is 3.62. The second-order valence-corrected chi connectivity index (χ2v) is 7.55. The maximum Gasteiger partial charge on any atom is 0.321 e. The fourth-order valence-electron chi connectivity index (χ4n) is 3.62. The number of hydrogen-bond donors (Lipinski definition) is 2. The van der Waals surface area contributed by atoms with Crippen LogP contribution in [0.25, 0.3) is 0 Å². The number of oxime groups is 1. The Hall–Kier alpha value is -3.42. The Morgan fingerprint density at radius 3 is 2.83 bits per heavy atom. The molecule has 3 amide bonds. The summed E-state index contributed by atoms with van der Waals surface area (Å²) >= 11 is 0. The molecule has 3 heterocycles. The van der Waals surface area contributed by atoms with E-state index in [-0.39, 0.29) is 11.9 Å². The minimum atomic E-state index is -0.638. The van der Waals surface area contributed by atoms with Crippen molar-refractivity contribution in [3.63, 3.8) is 0 Å². The summed E-state index contributed by atoms with van der Waals surface area (Å²) in [5, 5.41) is 9.75. The highest BCUT2D eigenvalue weighted by Gasteiger charge is 2.48. The Bertz CT molecular complexity index is 990. The molecule has 0 aliphatic carbocycles. The Balaban J connectivity index is 1.35. The molecule has 1 aromatic heterocycles. The van der Waals surface area contributed by atoms with E-state index in [4.69, 9.17) is 4.84 Å². The van der Waals surface area contributed by atoms with E-state index in [2.05, 4.69) is 20.8 Å². The first kappa shape index (κ1) is 18.9. The van der Waals surface area contributed by atoms with E-state index >= 15 is 0 Å². The third-order valence-corrected chi connectivity index (χ3v) is 5.23. The van der Waals surface area contributed by atoms with Crippen LogP contribution in [0.1, 0.15) is 24.1 Å². The van der Waals surface area contributed by atoms with Crippen molar-refractivity contribution in [2.45, 2.75) is 32.3 Å². The van der Waals surface area contributed by atoms with Crippen molar-refractivity contribution in [2.75, 3.05) is 23.7 Å². The number of aromatic nitrogens is 1. The Morgan fingerprint density at radius 1 is 1.17 bits per heavy atom. The zero-order valence-corrected chi connectivity index (χ0v) is 16.4. The highest BCUT2D eigenvalue weighted by Crippen LogP contribution is 2.34. The molecular formula is C21H23N5O3. The smallest absolute Gasteiger partial charge is 0.321 e. The summed E-state index contributed by atoms with van der Waals surface area (Å²) in [4.78, 5) is 36.7. The van der Waals surface area contributed by atoms with Gasteiger partial charge in [0.15, 0.2) is 5.60 Å². The van der Waals surface area contributed by atoms with Crippen LogP contribution in [0.5, 0.6) is 0 Å². The SMILES string of the molecule is Cc1cccc(NC(=O)N2CCC3(CC(C(=O)Nc4cccnc4C)=NO3)C2)c1. The first-order valence-electron chi connectivity index (χ1n) is 9.55. The van der Waals surface area contributed by atoms with Crippen LogP contribution >= 0.6 is 0 Å². The Kier molecular flexibility index (Phi) is 4.92. The van der Waals surface area contributed by atoms with Gasteiger partial charge in [-0.25, -0.2) is 4.79 Å². The van der Waals surface area contributed by atoms with Crippen LogP contribution in [0, 0.1) is 13.8 Å². The Labute approximate surface area is 168 Å². The van der Waals surface area contributed by atoms with Crippen LogP contribution in [0.4, 0.5) is 16.2 Å². The molecule has 2 aliphatic heterocycles. The van der Waals surface area contributed by atoms with E-state index < -0.39 is 5.60 Å². The molecule has 0 radical (unpaired) electrons. The maximum absolute atomic E-state index is 12.6. The molecule has 2 aromatic rings. The van der Waals surface area contributed by atoms with Gasteiger partial charge in [0, 0.05) is 31.3 Å². The summed E-state index contributed by atoms with van der Waals surface area (Å²) in [5.74, 6) is -0.305. The molecule has 1 atom stereocenters. The number of amides is 3. The highest BCUT2D eigenvalue weighted by molar-refractivity contribution is 6.43. The van der Waals surface area contributed by atoms with Crippen molar-refractivity contribution >= 4 is 29.0 Å². The number of carbonyl (C=O) groups excluding carboxylic acids is 2. The monoisotopic (exact) mass is 393 g/mol. The molecule has 8 heteroatoms. The summed E-state index contributed by atoms with van der Waals surface area (Å²) in [6, 6.07) is 11.0. The number of likely N-dealkylation sites (tertiary alicyclic amines) is 1. The number of aryl methyl sites for hydroxylation is 2. The van der Waals surface area contributed by atoms with Gasteiger partial charge in [0.25, 0.3) is 5.91 Å². The summed E-state index contributed by atoms with van der Waals surface area (Å²) in [6.45, 7) is 4.73. The third kappa shape index (κ3) is 4.06. The van der Waals surface area contributed by atoms with Gasteiger partial charge in [0.2, 0.25) is 0 Å². The van der Waals surface area contributed by atoms with Crippen molar-refractivity contribution in [3.8, 4) is 0 Å². The van der Waals surface area contributed by atoms with Crippen LogP contribution in [0.15, 0.2) is 47.8 Å². The lowest BCUT2D eigenvalue weighted by Gasteiger charge is -2.22. The van der Waals surface area contributed by atoms with Gasteiger partial charge in [0.05, 0.1) is 17.9 Å². The first-order valence-corrected chi connectivity index (χ1v) is 9.55. The van der Waals surface area contributed by atoms with Gasteiger partial charge in [-0.05, 0) is 43.7 Å². The topological polar surface area (TPSA) is 95.9 Å². The quantitative estimate of drug-likeness (QED) is 0.838. The molecule has 0 bridgehead atoms. The zero-order chi connectivity index (χ0) is 20.4. The van der Waals surface area contributed by atoms with E-state index in [0.29, 0.717) is 37.3 Å². The molecule has 1 aromatic carbocycles. The number of anilines is 2. The van der Waals surface area contributed by atoms with Crippen molar-refractivity contribution in [1.29, 1.82) is 0 Å². The number of hydrogen-bond acceptors (Lipinski definition) is 5. The lowest BCUT2D eigenvalue weighted by Crippen LogP contribution is -2.39. The van der Waals surface area contributed by atoms with Gasteiger partial charge in [-0.3, -0.25) is 9.78 Å². The fraction of sp³-hybridized carbons (Fsp3) is 0.333. The van der Waals surface area contributed by atoms with Gasteiger partial charge in [-0.15, -0.1) is 0 Å². The van der Waals surface area contributed by atoms with Crippen LogP contribution < -0.4 is 10.6 Å². The highest BCUT2D eigenvalue weighted by atomic mass is 16.7. The average molecular weight is 393 g/mol. The van der Waals surface area contributed by atoms with E-state index in [0.717, 1.165) is 16.9 Å². The molecule has 1 saturated heterocycles. The number of pyridine rings is 1. The zero-order valence-electron chi connectivity index (χ0n) is 16.4. The number of carbonyl (C=O) groups is 2. The summed E-state index contributed by atoms with van der Waals surface area (Å²) in [7, 11) is 0. The molecule has 1 unspecified atom stereocenters. The summed E-state index contributed by atoms with van der Waals surface area (Å²) in [6.07, 6.45) is 2.66. The molecule has 1 fully saturated rings. The number of rotatable bonds is 3. The second kappa shape index (κ2) is 7.54. The van der Waals surface area contributed by atoms with Gasteiger partial charge >= 0.3 is 6.03 Å². The largest absolute Gasteiger partial charge is 0.386 e. The number of nitrogens with zero attached hydrogens (tertiary/aromatic N) is 3. The molecular weight excluding hydrogens is 370 g/mol. The Morgan fingerprint density at radius 2 is 2.03 bits per heavy atom. The van der Waals surface area contributed by atoms with Crippen molar-refractivity contribution in [3.05, 3.63) is 53.9 Å². The van der Waals surface area contributed by atoms with Crippen LogP contribution in [0.3, 0.4) is 0 Å². The number of urea groups is 1. The number of nitrogens with one attached hydrogen (secondary N) is 2. The molecule has 2 aliphatic rings. The average Bonchev–Trinajstić information content (AvgIpc) is 3.31. The van der Waals surface area contributed by atoms with Crippen molar-refractivity contribution < 1.29 is 14.4 Å². The third-order valence-electron chi connectivity index (χ3n) is 5.23. The van der Waals surface area contributed by atoms with Crippen molar-refractivity contribution in [2.24, 2.45) is 5.16 Å². The maximum atomic E-state index is 12.6. The van der Waals surface area contributed by atoms with Gasteiger partial charge in [-0.2, -0.15) is 0 Å². The second-order valence-electron chi connectivity index (χ2n) is 7.55. The summed E-state index contributed by atoms with van der Waals surface area (Å²) < 4.78 is 0. The molecule has 4 rings (SSSR count). The van der Waals surface area contributed by atoms with Gasteiger partial charge in [-0.1, -0.05) is 17.3 Å².